The monoisotopic (exact) mass is 273 g/mol. The highest BCUT2D eigenvalue weighted by Gasteiger charge is 2.48. The SMILES string of the molecule is CC(C)(C)OC(=O)N1[C@@H](C(F)F)COS1(=O)=O. The zero-order chi connectivity index (χ0) is 13.4. The Morgan fingerprint density at radius 1 is 1.47 bits per heavy atom. The lowest BCUT2D eigenvalue weighted by Crippen LogP contribution is -2.45. The second kappa shape index (κ2) is 4.37. The van der Waals surface area contributed by atoms with Crippen LogP contribution in [0, 0.1) is 0 Å². The Morgan fingerprint density at radius 3 is 2.41 bits per heavy atom. The van der Waals surface area contributed by atoms with Crippen LogP contribution in [0.5, 0.6) is 0 Å². The Balaban J connectivity index is 2.95. The quantitative estimate of drug-likeness (QED) is 0.716. The lowest BCUT2D eigenvalue weighted by atomic mass is 10.2. The van der Waals surface area contributed by atoms with E-state index in [2.05, 4.69) is 4.18 Å². The van der Waals surface area contributed by atoms with Crippen LogP contribution in [-0.4, -0.2) is 43.5 Å². The number of hydrogen-bond acceptors (Lipinski definition) is 5. The first kappa shape index (κ1) is 14.1. The van der Waals surface area contributed by atoms with Crippen molar-refractivity contribution in [2.45, 2.75) is 38.8 Å². The fourth-order valence-electron chi connectivity index (χ4n) is 1.15. The molecular weight excluding hydrogens is 260 g/mol. The van der Waals surface area contributed by atoms with E-state index < -0.39 is 41.1 Å². The van der Waals surface area contributed by atoms with E-state index in [4.69, 9.17) is 4.74 Å². The highest BCUT2D eigenvalue weighted by atomic mass is 32.2. The van der Waals surface area contributed by atoms with Crippen LogP contribution >= 0.6 is 0 Å². The average Bonchev–Trinajstić information content (AvgIpc) is 2.37. The molecule has 1 fully saturated rings. The van der Waals surface area contributed by atoms with Gasteiger partial charge < -0.3 is 4.74 Å². The minimum absolute atomic E-state index is 0.0527. The van der Waals surface area contributed by atoms with Gasteiger partial charge in [0, 0.05) is 0 Å². The second-order valence-corrected chi connectivity index (χ2v) is 5.90. The third-order valence-corrected chi connectivity index (χ3v) is 3.13. The fraction of sp³-hybridized carbons (Fsp3) is 0.875. The van der Waals surface area contributed by atoms with E-state index in [1.54, 1.807) is 0 Å². The first-order valence-electron chi connectivity index (χ1n) is 4.74. The van der Waals surface area contributed by atoms with Crippen LogP contribution < -0.4 is 0 Å². The molecule has 0 unspecified atom stereocenters. The largest absolute Gasteiger partial charge is 0.443 e. The molecule has 0 aromatic heterocycles. The number of halogens is 2. The highest BCUT2D eigenvalue weighted by molar-refractivity contribution is 7.85. The Bertz CT molecular complexity index is 403. The summed E-state index contributed by atoms with van der Waals surface area (Å²) in [4.78, 5) is 11.5. The van der Waals surface area contributed by atoms with Gasteiger partial charge in [0.25, 0.3) is 6.43 Å². The van der Waals surface area contributed by atoms with Gasteiger partial charge >= 0.3 is 16.4 Å². The zero-order valence-corrected chi connectivity index (χ0v) is 10.3. The van der Waals surface area contributed by atoms with Crippen LogP contribution in [0.3, 0.4) is 0 Å². The smallest absolute Gasteiger partial charge is 0.426 e. The molecule has 0 aliphatic carbocycles. The zero-order valence-electron chi connectivity index (χ0n) is 9.51. The van der Waals surface area contributed by atoms with Gasteiger partial charge in [-0.15, -0.1) is 0 Å². The highest BCUT2D eigenvalue weighted by Crippen LogP contribution is 2.25. The number of hydrogen-bond donors (Lipinski definition) is 0. The first-order chi connectivity index (χ1) is 7.54. The maximum atomic E-state index is 12.5. The van der Waals surface area contributed by atoms with E-state index in [0.29, 0.717) is 0 Å². The van der Waals surface area contributed by atoms with Crippen molar-refractivity contribution in [1.29, 1.82) is 0 Å². The molecule has 1 heterocycles. The van der Waals surface area contributed by atoms with Gasteiger partial charge in [-0.2, -0.15) is 12.7 Å². The molecule has 1 amide bonds. The number of alkyl halides is 2. The molecule has 1 aliphatic heterocycles. The summed E-state index contributed by atoms with van der Waals surface area (Å²) >= 11 is 0. The van der Waals surface area contributed by atoms with Gasteiger partial charge in [-0.1, -0.05) is 0 Å². The van der Waals surface area contributed by atoms with E-state index in [-0.39, 0.29) is 4.31 Å². The molecule has 1 saturated heterocycles. The van der Waals surface area contributed by atoms with Crippen molar-refractivity contribution < 1.29 is 30.9 Å². The van der Waals surface area contributed by atoms with Crippen molar-refractivity contribution in [2.75, 3.05) is 6.61 Å². The molecular formula is C8H13F2NO5S. The summed E-state index contributed by atoms with van der Waals surface area (Å²) in [6, 6.07) is -1.84. The molecule has 100 valence electrons. The molecule has 0 aromatic rings. The summed E-state index contributed by atoms with van der Waals surface area (Å²) in [6.07, 6.45) is -4.39. The van der Waals surface area contributed by atoms with Crippen LogP contribution in [0.15, 0.2) is 0 Å². The number of carbonyl (C=O) groups is 1. The molecule has 0 saturated carbocycles. The van der Waals surface area contributed by atoms with Crippen LogP contribution in [0.25, 0.3) is 0 Å². The summed E-state index contributed by atoms with van der Waals surface area (Å²) in [5.74, 6) is 0. The fourth-order valence-corrected chi connectivity index (χ4v) is 2.28. The molecule has 6 nitrogen and oxygen atoms in total. The van der Waals surface area contributed by atoms with Crippen molar-refractivity contribution in [3.05, 3.63) is 0 Å². The van der Waals surface area contributed by atoms with E-state index in [1.165, 1.54) is 20.8 Å². The number of carbonyl (C=O) groups excluding carboxylic acids is 1. The van der Waals surface area contributed by atoms with Gasteiger partial charge in [-0.25, -0.2) is 13.6 Å². The summed E-state index contributed by atoms with van der Waals surface area (Å²) in [5, 5.41) is 0. The number of amides is 1. The minimum Gasteiger partial charge on any atom is -0.443 e. The Labute approximate surface area is 97.7 Å². The predicted molar refractivity (Wildman–Crippen MR) is 52.7 cm³/mol. The summed E-state index contributed by atoms with van der Waals surface area (Å²) < 4.78 is 56.5. The molecule has 0 radical (unpaired) electrons. The average molecular weight is 273 g/mol. The maximum Gasteiger partial charge on any atom is 0.426 e. The van der Waals surface area contributed by atoms with E-state index in [0.717, 1.165) is 0 Å². The predicted octanol–water partition coefficient (Wildman–Crippen LogP) is 1.13. The van der Waals surface area contributed by atoms with Gasteiger partial charge in [-0.05, 0) is 20.8 Å². The molecule has 0 N–H and O–H groups in total. The molecule has 1 atom stereocenters. The lowest BCUT2D eigenvalue weighted by Gasteiger charge is -2.25. The summed E-state index contributed by atoms with van der Waals surface area (Å²) in [7, 11) is -4.47. The number of ether oxygens (including phenoxy) is 1. The molecule has 17 heavy (non-hydrogen) atoms. The lowest BCUT2D eigenvalue weighted by molar-refractivity contribution is 0.0140. The normalized spacial score (nSPS) is 24.1. The van der Waals surface area contributed by atoms with Gasteiger partial charge in [0.2, 0.25) is 0 Å². The van der Waals surface area contributed by atoms with Crippen molar-refractivity contribution in [3.8, 4) is 0 Å². The van der Waals surface area contributed by atoms with Gasteiger partial charge in [0.05, 0.1) is 6.61 Å². The van der Waals surface area contributed by atoms with Crippen LogP contribution in [0.4, 0.5) is 13.6 Å². The maximum absolute atomic E-state index is 12.5. The van der Waals surface area contributed by atoms with Crippen LogP contribution in [0.2, 0.25) is 0 Å². The molecule has 0 spiro atoms. The third kappa shape index (κ3) is 3.25. The topological polar surface area (TPSA) is 72.9 Å². The number of nitrogens with zero attached hydrogens (tertiary/aromatic N) is 1. The van der Waals surface area contributed by atoms with Gasteiger partial charge in [0.15, 0.2) is 0 Å². The minimum atomic E-state index is -4.47. The molecule has 9 heteroatoms. The summed E-state index contributed by atoms with van der Waals surface area (Å²) in [6.45, 7) is 3.71. The van der Waals surface area contributed by atoms with Crippen molar-refractivity contribution in [3.63, 3.8) is 0 Å². The Hall–Kier alpha value is -0.960. The standard InChI is InChI=1S/C8H13F2NO5S/c1-8(2,3)16-7(12)11-5(6(9)10)4-15-17(11,13)14/h5-6H,4H2,1-3H3/t5-/m1/s1. The van der Waals surface area contributed by atoms with E-state index in [1.807, 2.05) is 0 Å². The van der Waals surface area contributed by atoms with E-state index in [9.17, 15) is 22.0 Å². The van der Waals surface area contributed by atoms with Crippen LogP contribution in [-0.2, 0) is 19.2 Å². The Kier molecular flexibility index (Phi) is 3.63. The van der Waals surface area contributed by atoms with Crippen molar-refractivity contribution >= 4 is 16.4 Å². The number of rotatable bonds is 1. The third-order valence-electron chi connectivity index (χ3n) is 1.79. The summed E-state index contributed by atoms with van der Waals surface area (Å²) in [5.41, 5.74) is -0.984. The molecule has 0 aromatic carbocycles. The Morgan fingerprint density at radius 2 is 2.00 bits per heavy atom. The first-order valence-corrected chi connectivity index (χ1v) is 6.11. The molecule has 1 aliphatic rings. The second-order valence-electron chi connectivity index (χ2n) is 4.42. The van der Waals surface area contributed by atoms with Gasteiger partial charge in [0.1, 0.15) is 11.6 Å². The molecule has 1 rings (SSSR count). The van der Waals surface area contributed by atoms with Gasteiger partial charge in [-0.3, -0.25) is 4.18 Å². The molecule has 0 bridgehead atoms. The van der Waals surface area contributed by atoms with E-state index >= 15 is 0 Å². The van der Waals surface area contributed by atoms with Crippen molar-refractivity contribution in [1.82, 2.24) is 4.31 Å². The van der Waals surface area contributed by atoms with Crippen molar-refractivity contribution in [2.24, 2.45) is 0 Å². The van der Waals surface area contributed by atoms with Crippen LogP contribution in [0.1, 0.15) is 20.8 Å².